The molecule has 0 aliphatic heterocycles. The van der Waals surface area contributed by atoms with Gasteiger partial charge in [-0.15, -0.1) is 11.3 Å². The van der Waals surface area contributed by atoms with Crippen LogP contribution in [0, 0.1) is 10.1 Å². The van der Waals surface area contributed by atoms with Crippen LogP contribution in [0.2, 0.25) is 5.02 Å². The molecule has 0 unspecified atom stereocenters. The minimum atomic E-state index is -4.18. The second kappa shape index (κ2) is 6.59. The SMILES string of the molecule is O=[N+]([O-])c1cc(Cl)ccc1S(=O)(=O)Nc1nc2c(s1)CCc1ccccc1-2. The number of thiazole rings is 1. The Hall–Kier alpha value is -2.49. The lowest BCUT2D eigenvalue weighted by molar-refractivity contribution is -0.387. The van der Waals surface area contributed by atoms with Gasteiger partial charge < -0.3 is 0 Å². The van der Waals surface area contributed by atoms with Crippen LogP contribution >= 0.6 is 22.9 Å². The van der Waals surface area contributed by atoms with Gasteiger partial charge in [-0.25, -0.2) is 13.4 Å². The normalized spacial score (nSPS) is 12.9. The summed E-state index contributed by atoms with van der Waals surface area (Å²) in [4.78, 5) is 15.4. The van der Waals surface area contributed by atoms with Crippen molar-refractivity contribution in [2.45, 2.75) is 17.7 Å². The number of nitro benzene ring substituents is 1. The average Bonchev–Trinajstić information content (AvgIpc) is 3.03. The molecule has 4 rings (SSSR count). The summed E-state index contributed by atoms with van der Waals surface area (Å²) in [6.45, 7) is 0. The maximum atomic E-state index is 12.7. The summed E-state index contributed by atoms with van der Waals surface area (Å²) in [5, 5.41) is 11.5. The first-order chi connectivity index (χ1) is 12.8. The van der Waals surface area contributed by atoms with Gasteiger partial charge in [0.1, 0.15) is 0 Å². The number of hydrogen-bond acceptors (Lipinski definition) is 6. The molecule has 1 aliphatic rings. The van der Waals surface area contributed by atoms with E-state index in [1.54, 1.807) is 0 Å². The molecule has 0 amide bonds. The van der Waals surface area contributed by atoms with Gasteiger partial charge in [0.15, 0.2) is 10.0 Å². The van der Waals surface area contributed by atoms with Crippen molar-refractivity contribution in [1.82, 2.24) is 4.98 Å². The summed E-state index contributed by atoms with van der Waals surface area (Å²) in [7, 11) is -4.18. The van der Waals surface area contributed by atoms with Crippen LogP contribution in [0.4, 0.5) is 10.8 Å². The molecule has 0 atom stereocenters. The molecule has 1 N–H and O–H groups in total. The van der Waals surface area contributed by atoms with Gasteiger partial charge in [0.2, 0.25) is 0 Å². The zero-order chi connectivity index (χ0) is 19.2. The fraction of sp³-hybridized carbons (Fsp3) is 0.118. The van der Waals surface area contributed by atoms with Crippen molar-refractivity contribution in [3.8, 4) is 11.3 Å². The Morgan fingerprint density at radius 2 is 1.96 bits per heavy atom. The topological polar surface area (TPSA) is 102 Å². The highest BCUT2D eigenvalue weighted by Gasteiger charge is 2.28. The van der Waals surface area contributed by atoms with Crippen molar-refractivity contribution >= 4 is 43.8 Å². The average molecular weight is 422 g/mol. The molecule has 1 aromatic heterocycles. The van der Waals surface area contributed by atoms with E-state index in [2.05, 4.69) is 9.71 Å². The van der Waals surface area contributed by atoms with E-state index in [9.17, 15) is 18.5 Å². The van der Waals surface area contributed by atoms with E-state index in [1.165, 1.54) is 17.4 Å². The zero-order valence-corrected chi connectivity index (χ0v) is 16.1. The predicted molar refractivity (Wildman–Crippen MR) is 104 cm³/mol. The van der Waals surface area contributed by atoms with Gasteiger partial charge in [0.25, 0.3) is 15.7 Å². The standard InChI is InChI=1S/C17H12ClN3O4S2/c18-11-6-8-15(13(9-11)21(22)23)27(24,25)20-17-19-16-12-4-2-1-3-10(12)5-7-14(16)26-17/h1-4,6,8-9H,5,7H2,(H,19,20). The molecule has 27 heavy (non-hydrogen) atoms. The molecule has 2 aromatic carbocycles. The molecule has 7 nitrogen and oxygen atoms in total. The molecule has 138 valence electrons. The molecular weight excluding hydrogens is 410 g/mol. The number of aromatic nitrogens is 1. The molecule has 1 aliphatic carbocycles. The smallest absolute Gasteiger partial charge is 0.258 e. The van der Waals surface area contributed by atoms with Crippen LogP contribution in [-0.2, 0) is 22.9 Å². The van der Waals surface area contributed by atoms with Crippen LogP contribution in [0.25, 0.3) is 11.3 Å². The number of sulfonamides is 1. The fourth-order valence-electron chi connectivity index (χ4n) is 3.02. The van der Waals surface area contributed by atoms with Crippen molar-refractivity contribution in [2.24, 2.45) is 0 Å². The monoisotopic (exact) mass is 421 g/mol. The summed E-state index contributed by atoms with van der Waals surface area (Å²) < 4.78 is 27.8. The molecule has 0 saturated carbocycles. The first-order valence-corrected chi connectivity index (χ1v) is 10.6. The van der Waals surface area contributed by atoms with E-state index in [-0.39, 0.29) is 10.2 Å². The largest absolute Gasteiger partial charge is 0.291 e. The Balaban J connectivity index is 1.72. The van der Waals surface area contributed by atoms with E-state index < -0.39 is 25.5 Å². The number of hydrogen-bond donors (Lipinski definition) is 1. The number of halogens is 1. The van der Waals surface area contributed by atoms with Crippen molar-refractivity contribution in [1.29, 1.82) is 0 Å². The highest BCUT2D eigenvalue weighted by Crippen LogP contribution is 2.39. The number of anilines is 1. The Kier molecular flexibility index (Phi) is 4.37. The van der Waals surface area contributed by atoms with Gasteiger partial charge in [0, 0.05) is 21.5 Å². The summed E-state index contributed by atoms with van der Waals surface area (Å²) in [6.07, 6.45) is 1.63. The number of nitrogens with zero attached hydrogens (tertiary/aromatic N) is 2. The zero-order valence-electron chi connectivity index (χ0n) is 13.7. The van der Waals surface area contributed by atoms with Gasteiger partial charge >= 0.3 is 0 Å². The number of aryl methyl sites for hydroxylation is 2. The maximum absolute atomic E-state index is 12.7. The van der Waals surface area contributed by atoms with Crippen molar-refractivity contribution in [2.75, 3.05) is 4.72 Å². The van der Waals surface area contributed by atoms with Crippen molar-refractivity contribution in [3.05, 3.63) is 68.0 Å². The quantitative estimate of drug-likeness (QED) is 0.500. The fourth-order valence-corrected chi connectivity index (χ4v) is 5.55. The van der Waals surface area contributed by atoms with Crippen LogP contribution in [-0.4, -0.2) is 18.3 Å². The number of benzene rings is 2. The first kappa shape index (κ1) is 17.9. The molecular formula is C17H12ClN3O4S2. The number of rotatable bonds is 4. The van der Waals surface area contributed by atoms with E-state index in [0.29, 0.717) is 0 Å². The second-order valence-corrected chi connectivity index (χ2v) is 9.09. The lowest BCUT2D eigenvalue weighted by atomic mass is 9.94. The lowest BCUT2D eigenvalue weighted by Crippen LogP contribution is -2.14. The molecule has 3 aromatic rings. The maximum Gasteiger partial charge on any atom is 0.291 e. The molecule has 0 fully saturated rings. The highest BCUT2D eigenvalue weighted by atomic mass is 35.5. The van der Waals surface area contributed by atoms with Gasteiger partial charge in [-0.05, 0) is 30.5 Å². The Morgan fingerprint density at radius 1 is 1.19 bits per heavy atom. The van der Waals surface area contributed by atoms with E-state index in [1.807, 2.05) is 24.3 Å². The van der Waals surface area contributed by atoms with Crippen LogP contribution in [0.1, 0.15) is 10.4 Å². The number of nitro groups is 1. The van der Waals surface area contributed by atoms with Crippen LogP contribution in [0.3, 0.4) is 0 Å². The Morgan fingerprint density at radius 3 is 2.74 bits per heavy atom. The molecule has 10 heteroatoms. The van der Waals surface area contributed by atoms with E-state index in [4.69, 9.17) is 11.6 Å². The first-order valence-electron chi connectivity index (χ1n) is 7.90. The molecule has 1 heterocycles. The van der Waals surface area contributed by atoms with Crippen molar-refractivity contribution in [3.63, 3.8) is 0 Å². The Bertz CT molecular complexity index is 1170. The van der Waals surface area contributed by atoms with Gasteiger partial charge in [-0.3, -0.25) is 14.8 Å². The molecule has 0 radical (unpaired) electrons. The number of nitrogens with one attached hydrogen (secondary N) is 1. The summed E-state index contributed by atoms with van der Waals surface area (Å²) >= 11 is 7.00. The van der Waals surface area contributed by atoms with Gasteiger partial charge in [0.05, 0.1) is 10.6 Å². The van der Waals surface area contributed by atoms with E-state index >= 15 is 0 Å². The Labute approximate surface area is 163 Å². The third-order valence-electron chi connectivity index (χ3n) is 4.22. The third kappa shape index (κ3) is 3.29. The van der Waals surface area contributed by atoms with Crippen LogP contribution in [0.15, 0.2) is 47.4 Å². The van der Waals surface area contributed by atoms with Crippen LogP contribution < -0.4 is 4.72 Å². The van der Waals surface area contributed by atoms with E-state index in [0.717, 1.165) is 46.7 Å². The predicted octanol–water partition coefficient (Wildman–Crippen LogP) is 4.27. The molecule has 0 saturated heterocycles. The summed E-state index contributed by atoms with van der Waals surface area (Å²) in [6, 6.07) is 11.3. The second-order valence-electron chi connectivity index (χ2n) is 5.92. The number of fused-ring (bicyclic) bond motifs is 3. The molecule has 0 bridgehead atoms. The lowest BCUT2D eigenvalue weighted by Gasteiger charge is -2.13. The van der Waals surface area contributed by atoms with Gasteiger partial charge in [-0.1, -0.05) is 35.9 Å². The highest BCUT2D eigenvalue weighted by molar-refractivity contribution is 7.93. The van der Waals surface area contributed by atoms with Crippen LogP contribution in [0.5, 0.6) is 0 Å². The minimum Gasteiger partial charge on any atom is -0.258 e. The summed E-state index contributed by atoms with van der Waals surface area (Å²) in [5.41, 5.74) is 2.32. The third-order valence-corrected chi connectivity index (χ3v) is 7.00. The summed E-state index contributed by atoms with van der Waals surface area (Å²) in [5.74, 6) is 0. The van der Waals surface area contributed by atoms with Gasteiger partial charge in [-0.2, -0.15) is 0 Å². The van der Waals surface area contributed by atoms with Crippen molar-refractivity contribution < 1.29 is 13.3 Å². The molecule has 0 spiro atoms. The minimum absolute atomic E-state index is 0.0852.